The molecular weight excluding hydrogens is 236 g/mol. The average Bonchev–Trinajstić information content (AvgIpc) is 2.32. The van der Waals surface area contributed by atoms with Crippen molar-refractivity contribution in [3.8, 4) is 0 Å². The molecule has 17 heavy (non-hydrogen) atoms. The van der Waals surface area contributed by atoms with Gasteiger partial charge in [-0.05, 0) is 19.3 Å². The predicted octanol–water partition coefficient (Wildman–Crippen LogP) is 0.944. The van der Waals surface area contributed by atoms with E-state index in [4.69, 9.17) is 5.73 Å². The van der Waals surface area contributed by atoms with Crippen molar-refractivity contribution in [3.63, 3.8) is 0 Å². The zero-order valence-corrected chi connectivity index (χ0v) is 10.8. The fourth-order valence-corrected chi connectivity index (χ4v) is 3.33. The highest BCUT2D eigenvalue weighted by atomic mass is 32.2. The predicted molar refractivity (Wildman–Crippen MR) is 70.3 cm³/mol. The molecule has 1 saturated heterocycles. The van der Waals surface area contributed by atoms with Gasteiger partial charge in [0.15, 0.2) is 0 Å². The molecule has 6 heteroatoms. The van der Waals surface area contributed by atoms with E-state index in [1.54, 1.807) is 0 Å². The second kappa shape index (κ2) is 5.44. The number of nitrogens with one attached hydrogen (secondary N) is 1. The Morgan fingerprint density at radius 1 is 1.47 bits per heavy atom. The number of anilines is 2. The molecule has 0 unspecified atom stereocenters. The van der Waals surface area contributed by atoms with Gasteiger partial charge in [-0.25, -0.2) is 9.97 Å². The fourth-order valence-electron chi connectivity index (χ4n) is 2.03. The first-order valence-corrected chi connectivity index (χ1v) is 7.40. The van der Waals surface area contributed by atoms with Crippen molar-refractivity contribution in [1.82, 2.24) is 9.97 Å². The zero-order valence-electron chi connectivity index (χ0n) is 9.98. The minimum absolute atomic E-state index is 0.354. The van der Waals surface area contributed by atoms with Gasteiger partial charge in [0.2, 0.25) is 0 Å². The minimum atomic E-state index is -0.628. The lowest BCUT2D eigenvalue weighted by atomic mass is 10.1. The third-order valence-electron chi connectivity index (χ3n) is 3.06. The van der Waals surface area contributed by atoms with Gasteiger partial charge in [-0.1, -0.05) is 6.92 Å². The van der Waals surface area contributed by atoms with E-state index >= 15 is 0 Å². The van der Waals surface area contributed by atoms with Gasteiger partial charge in [-0.15, -0.1) is 0 Å². The topological polar surface area (TPSA) is 80.9 Å². The molecule has 3 N–H and O–H groups in total. The number of nitrogen functional groups attached to an aromatic ring is 1. The van der Waals surface area contributed by atoms with Crippen molar-refractivity contribution in [3.05, 3.63) is 11.9 Å². The molecule has 1 aromatic rings. The molecule has 1 fully saturated rings. The lowest BCUT2D eigenvalue weighted by molar-refractivity contribution is 0.622. The Morgan fingerprint density at radius 2 is 2.18 bits per heavy atom. The van der Waals surface area contributed by atoms with Crippen LogP contribution in [0.3, 0.4) is 0 Å². The standard InChI is InChI=1S/C11H18N4OS/c1-2-9-10(12)13-7-14-11(9)15-8-3-5-17(16)6-4-8/h7-8H,2-6H2,1H3,(H3,12,13,14,15). The lowest BCUT2D eigenvalue weighted by Gasteiger charge is -2.24. The van der Waals surface area contributed by atoms with Gasteiger partial charge in [-0.2, -0.15) is 0 Å². The molecule has 0 atom stereocenters. The molecule has 1 aromatic heterocycles. The molecule has 1 aliphatic heterocycles. The molecule has 1 aliphatic rings. The summed E-state index contributed by atoms with van der Waals surface area (Å²) in [6.45, 7) is 2.04. The molecule has 94 valence electrons. The molecule has 0 saturated carbocycles. The summed E-state index contributed by atoms with van der Waals surface area (Å²) in [5.41, 5.74) is 6.79. The van der Waals surface area contributed by atoms with Crippen molar-refractivity contribution >= 4 is 22.4 Å². The van der Waals surface area contributed by atoms with Crippen LogP contribution in [0, 0.1) is 0 Å². The van der Waals surface area contributed by atoms with Gasteiger partial charge in [0.05, 0.1) is 0 Å². The van der Waals surface area contributed by atoms with Crippen LogP contribution in [0.4, 0.5) is 11.6 Å². The number of nitrogens with two attached hydrogens (primary N) is 1. The number of aromatic nitrogens is 2. The van der Waals surface area contributed by atoms with Crippen LogP contribution < -0.4 is 11.1 Å². The molecule has 0 spiro atoms. The average molecular weight is 254 g/mol. The molecule has 0 radical (unpaired) electrons. The van der Waals surface area contributed by atoms with Crippen LogP contribution in [-0.4, -0.2) is 31.7 Å². The highest BCUT2D eigenvalue weighted by Gasteiger charge is 2.19. The Bertz CT molecular complexity index is 414. The Labute approximate surface area is 104 Å². The van der Waals surface area contributed by atoms with E-state index < -0.39 is 10.8 Å². The summed E-state index contributed by atoms with van der Waals surface area (Å²) in [4.78, 5) is 8.24. The summed E-state index contributed by atoms with van der Waals surface area (Å²) in [5, 5.41) is 3.40. The third-order valence-corrected chi connectivity index (χ3v) is 4.44. The molecule has 0 aromatic carbocycles. The maximum Gasteiger partial charge on any atom is 0.134 e. The van der Waals surface area contributed by atoms with Crippen LogP contribution in [0.1, 0.15) is 25.3 Å². The van der Waals surface area contributed by atoms with Crippen molar-refractivity contribution in [1.29, 1.82) is 0 Å². The van der Waals surface area contributed by atoms with E-state index in [2.05, 4.69) is 15.3 Å². The van der Waals surface area contributed by atoms with E-state index in [-0.39, 0.29) is 0 Å². The van der Waals surface area contributed by atoms with E-state index in [1.165, 1.54) is 6.33 Å². The highest BCUT2D eigenvalue weighted by molar-refractivity contribution is 7.85. The smallest absolute Gasteiger partial charge is 0.134 e. The fraction of sp³-hybridized carbons (Fsp3) is 0.636. The van der Waals surface area contributed by atoms with Gasteiger partial charge >= 0.3 is 0 Å². The SMILES string of the molecule is CCc1c(N)ncnc1NC1CCS(=O)CC1. The summed E-state index contributed by atoms with van der Waals surface area (Å²) in [6, 6.07) is 0.354. The molecule has 0 amide bonds. The molecule has 2 heterocycles. The van der Waals surface area contributed by atoms with Crippen molar-refractivity contribution in [2.45, 2.75) is 32.2 Å². The monoisotopic (exact) mass is 254 g/mol. The second-order valence-electron chi connectivity index (χ2n) is 4.21. The minimum Gasteiger partial charge on any atom is -0.383 e. The van der Waals surface area contributed by atoms with Crippen LogP contribution in [-0.2, 0) is 17.2 Å². The summed E-state index contributed by atoms with van der Waals surface area (Å²) >= 11 is 0. The summed E-state index contributed by atoms with van der Waals surface area (Å²) in [7, 11) is -0.628. The first-order valence-electron chi connectivity index (χ1n) is 5.91. The van der Waals surface area contributed by atoms with Crippen molar-refractivity contribution < 1.29 is 4.21 Å². The van der Waals surface area contributed by atoms with Gasteiger partial charge < -0.3 is 11.1 Å². The van der Waals surface area contributed by atoms with Gasteiger partial charge in [-0.3, -0.25) is 4.21 Å². The van der Waals surface area contributed by atoms with Crippen molar-refractivity contribution in [2.24, 2.45) is 0 Å². The molecule has 0 aliphatic carbocycles. The van der Waals surface area contributed by atoms with Crippen LogP contribution in [0.15, 0.2) is 6.33 Å². The molecule has 5 nitrogen and oxygen atoms in total. The number of nitrogens with zero attached hydrogens (tertiary/aromatic N) is 2. The largest absolute Gasteiger partial charge is 0.383 e. The van der Waals surface area contributed by atoms with E-state index in [0.29, 0.717) is 11.9 Å². The lowest BCUT2D eigenvalue weighted by Crippen LogP contribution is -2.30. The van der Waals surface area contributed by atoms with Crippen LogP contribution in [0.25, 0.3) is 0 Å². The van der Waals surface area contributed by atoms with E-state index in [9.17, 15) is 4.21 Å². The van der Waals surface area contributed by atoms with Gasteiger partial charge in [0.1, 0.15) is 18.0 Å². The second-order valence-corrected chi connectivity index (χ2v) is 5.90. The van der Waals surface area contributed by atoms with Crippen LogP contribution in [0.2, 0.25) is 0 Å². The Balaban J connectivity index is 2.08. The number of hydrogen-bond acceptors (Lipinski definition) is 5. The summed E-state index contributed by atoms with van der Waals surface area (Å²) in [6.07, 6.45) is 4.16. The maximum absolute atomic E-state index is 11.3. The summed E-state index contributed by atoms with van der Waals surface area (Å²) < 4.78 is 11.3. The molecular formula is C11H18N4OS. The van der Waals surface area contributed by atoms with E-state index in [1.807, 2.05) is 6.92 Å². The molecule has 2 rings (SSSR count). The Kier molecular flexibility index (Phi) is 3.93. The first-order chi connectivity index (χ1) is 8.20. The zero-order chi connectivity index (χ0) is 12.3. The van der Waals surface area contributed by atoms with Crippen LogP contribution >= 0.6 is 0 Å². The quantitative estimate of drug-likeness (QED) is 0.839. The summed E-state index contributed by atoms with van der Waals surface area (Å²) in [5.74, 6) is 2.93. The Morgan fingerprint density at radius 3 is 2.82 bits per heavy atom. The highest BCUT2D eigenvalue weighted by Crippen LogP contribution is 2.21. The van der Waals surface area contributed by atoms with Gasteiger partial charge in [0.25, 0.3) is 0 Å². The van der Waals surface area contributed by atoms with Crippen molar-refractivity contribution in [2.75, 3.05) is 22.6 Å². The number of rotatable bonds is 3. The van der Waals surface area contributed by atoms with Crippen LogP contribution in [0.5, 0.6) is 0 Å². The maximum atomic E-state index is 11.3. The number of hydrogen-bond donors (Lipinski definition) is 2. The first kappa shape index (κ1) is 12.3. The van der Waals surface area contributed by atoms with Gasteiger partial charge in [0, 0.05) is 33.9 Å². The Hall–Kier alpha value is -1.17. The molecule has 0 bridgehead atoms. The normalized spacial score (nSPS) is 24.5. The van der Waals surface area contributed by atoms with E-state index in [0.717, 1.165) is 42.1 Å². The third kappa shape index (κ3) is 2.94.